The molecule has 2 aromatic heterocycles. The minimum Gasteiger partial charge on any atom is -0.371 e. The Morgan fingerprint density at radius 3 is 2.93 bits per heavy atom. The topological polar surface area (TPSA) is 99.0 Å². The standard InChI is InChI=1S/C18H16FN5O3S/c19-12-5-2-1-4-11(12)13-7-8-16(26)24(23-13)10-15(25)20-18-22-21-17(28-18)14-6-3-9-27-14/h1-2,4-5,7-8,14H,3,6,9-10H2,(H,20,22,25)/t14-/m0/s1. The van der Waals surface area contributed by atoms with Crippen LogP contribution in [0.3, 0.4) is 0 Å². The van der Waals surface area contributed by atoms with E-state index in [0.717, 1.165) is 17.5 Å². The van der Waals surface area contributed by atoms with Crippen molar-refractivity contribution >= 4 is 22.4 Å². The Hall–Kier alpha value is -2.98. The molecule has 1 atom stereocenters. The summed E-state index contributed by atoms with van der Waals surface area (Å²) < 4.78 is 20.5. The lowest BCUT2D eigenvalue weighted by molar-refractivity contribution is -0.117. The first-order valence-electron chi connectivity index (χ1n) is 8.68. The highest BCUT2D eigenvalue weighted by Gasteiger charge is 2.22. The van der Waals surface area contributed by atoms with Gasteiger partial charge in [-0.25, -0.2) is 9.07 Å². The van der Waals surface area contributed by atoms with E-state index in [2.05, 4.69) is 20.6 Å². The summed E-state index contributed by atoms with van der Waals surface area (Å²) in [4.78, 5) is 24.3. The van der Waals surface area contributed by atoms with Crippen LogP contribution in [0.25, 0.3) is 11.3 Å². The largest absolute Gasteiger partial charge is 0.371 e. The molecule has 0 spiro atoms. The van der Waals surface area contributed by atoms with Gasteiger partial charge in [-0.1, -0.05) is 23.5 Å². The Morgan fingerprint density at radius 2 is 2.14 bits per heavy atom. The number of aromatic nitrogens is 4. The van der Waals surface area contributed by atoms with Crippen LogP contribution in [0.1, 0.15) is 24.0 Å². The average Bonchev–Trinajstić information content (AvgIpc) is 3.36. The lowest BCUT2D eigenvalue weighted by Crippen LogP contribution is -2.29. The second-order valence-corrected chi connectivity index (χ2v) is 7.20. The number of nitrogens with one attached hydrogen (secondary N) is 1. The van der Waals surface area contributed by atoms with E-state index in [1.165, 1.54) is 29.5 Å². The van der Waals surface area contributed by atoms with Gasteiger partial charge >= 0.3 is 0 Å². The van der Waals surface area contributed by atoms with Crippen molar-refractivity contribution in [3.05, 3.63) is 57.6 Å². The molecule has 1 aliphatic heterocycles. The van der Waals surface area contributed by atoms with E-state index < -0.39 is 17.3 Å². The van der Waals surface area contributed by atoms with Crippen LogP contribution in [0.15, 0.2) is 41.2 Å². The van der Waals surface area contributed by atoms with E-state index in [9.17, 15) is 14.0 Å². The molecule has 1 fully saturated rings. The van der Waals surface area contributed by atoms with Crippen LogP contribution in [-0.4, -0.2) is 32.5 Å². The predicted octanol–water partition coefficient (Wildman–Crippen LogP) is 2.39. The van der Waals surface area contributed by atoms with Crippen molar-refractivity contribution in [3.8, 4) is 11.3 Å². The van der Waals surface area contributed by atoms with Gasteiger partial charge in [0.25, 0.3) is 5.56 Å². The summed E-state index contributed by atoms with van der Waals surface area (Å²) in [7, 11) is 0. The third-order valence-corrected chi connectivity index (χ3v) is 5.13. The van der Waals surface area contributed by atoms with Gasteiger partial charge in [0.1, 0.15) is 23.5 Å². The maximum atomic E-state index is 14.0. The van der Waals surface area contributed by atoms with Crippen LogP contribution < -0.4 is 10.9 Å². The van der Waals surface area contributed by atoms with E-state index in [1.54, 1.807) is 18.2 Å². The van der Waals surface area contributed by atoms with Gasteiger partial charge in [-0.2, -0.15) is 5.10 Å². The Labute approximate surface area is 163 Å². The molecule has 8 nitrogen and oxygen atoms in total. The zero-order valence-corrected chi connectivity index (χ0v) is 15.5. The van der Waals surface area contributed by atoms with Crippen LogP contribution in [0.2, 0.25) is 0 Å². The third kappa shape index (κ3) is 3.97. The minimum absolute atomic E-state index is 0.0788. The highest BCUT2D eigenvalue weighted by atomic mass is 32.1. The van der Waals surface area contributed by atoms with Gasteiger partial charge in [0.05, 0.1) is 5.69 Å². The first-order valence-corrected chi connectivity index (χ1v) is 9.50. The van der Waals surface area contributed by atoms with E-state index in [-0.39, 0.29) is 23.9 Å². The Kier molecular flexibility index (Phi) is 5.22. The monoisotopic (exact) mass is 401 g/mol. The van der Waals surface area contributed by atoms with Crippen LogP contribution >= 0.6 is 11.3 Å². The summed E-state index contributed by atoms with van der Waals surface area (Å²) in [6.07, 6.45) is 1.77. The fraction of sp³-hybridized carbons (Fsp3) is 0.278. The van der Waals surface area contributed by atoms with E-state index >= 15 is 0 Å². The highest BCUT2D eigenvalue weighted by Crippen LogP contribution is 2.31. The summed E-state index contributed by atoms with van der Waals surface area (Å²) in [5.74, 6) is -0.935. The van der Waals surface area contributed by atoms with Crippen molar-refractivity contribution in [1.29, 1.82) is 0 Å². The van der Waals surface area contributed by atoms with Gasteiger partial charge in [0, 0.05) is 18.2 Å². The number of ether oxygens (including phenoxy) is 1. The zero-order chi connectivity index (χ0) is 19.5. The van der Waals surface area contributed by atoms with Gasteiger partial charge in [-0.05, 0) is 31.0 Å². The number of carbonyl (C=O) groups is 1. The Morgan fingerprint density at radius 1 is 1.29 bits per heavy atom. The predicted molar refractivity (Wildman–Crippen MR) is 100 cm³/mol. The molecule has 1 aromatic carbocycles. The summed E-state index contributed by atoms with van der Waals surface area (Å²) in [5.41, 5.74) is 0.0524. The van der Waals surface area contributed by atoms with Gasteiger partial charge in [-0.15, -0.1) is 10.2 Å². The first kappa shape index (κ1) is 18.4. The molecule has 28 heavy (non-hydrogen) atoms. The number of amides is 1. The lowest BCUT2D eigenvalue weighted by Gasteiger charge is -2.07. The number of hydrogen-bond donors (Lipinski definition) is 1. The average molecular weight is 401 g/mol. The third-order valence-electron chi connectivity index (χ3n) is 4.20. The molecular formula is C18H16FN5O3S. The van der Waals surface area contributed by atoms with Gasteiger partial charge < -0.3 is 4.74 Å². The molecule has 1 aliphatic rings. The number of carbonyl (C=O) groups excluding carboxylic acids is 1. The van der Waals surface area contributed by atoms with E-state index in [1.807, 2.05) is 0 Å². The van der Waals surface area contributed by atoms with E-state index in [4.69, 9.17) is 4.74 Å². The second-order valence-electron chi connectivity index (χ2n) is 6.19. The molecule has 144 valence electrons. The van der Waals surface area contributed by atoms with E-state index in [0.29, 0.717) is 16.7 Å². The normalized spacial score (nSPS) is 16.2. The molecule has 0 aliphatic carbocycles. The molecule has 0 bridgehead atoms. The molecule has 1 amide bonds. The second kappa shape index (κ2) is 7.95. The number of anilines is 1. The molecular weight excluding hydrogens is 385 g/mol. The number of halogens is 1. The van der Waals surface area contributed by atoms with Crippen molar-refractivity contribution in [3.63, 3.8) is 0 Å². The molecule has 1 saturated heterocycles. The molecule has 1 N–H and O–H groups in total. The Bertz CT molecular complexity index is 1060. The number of hydrogen-bond acceptors (Lipinski definition) is 7. The summed E-state index contributed by atoms with van der Waals surface area (Å²) in [5, 5.41) is 15.7. The fourth-order valence-corrected chi connectivity index (χ4v) is 3.70. The van der Waals surface area contributed by atoms with Crippen LogP contribution in [-0.2, 0) is 16.1 Å². The molecule has 4 rings (SSSR count). The molecule has 10 heteroatoms. The van der Waals surface area contributed by atoms with Gasteiger partial charge in [-0.3, -0.25) is 14.9 Å². The molecule has 3 heterocycles. The number of benzene rings is 1. The summed E-state index contributed by atoms with van der Waals surface area (Å²) >= 11 is 1.24. The van der Waals surface area contributed by atoms with Gasteiger partial charge in [0.2, 0.25) is 11.0 Å². The Balaban J connectivity index is 1.48. The van der Waals surface area contributed by atoms with Crippen LogP contribution in [0.4, 0.5) is 9.52 Å². The maximum Gasteiger partial charge on any atom is 0.267 e. The molecule has 0 saturated carbocycles. The van der Waals surface area contributed by atoms with Crippen LogP contribution in [0.5, 0.6) is 0 Å². The summed E-state index contributed by atoms with van der Waals surface area (Å²) in [6, 6.07) is 8.77. The SMILES string of the molecule is O=C(Cn1nc(-c2ccccc2F)ccc1=O)Nc1nnc([C@@H]2CCCO2)s1. The smallest absolute Gasteiger partial charge is 0.267 e. The van der Waals surface area contributed by atoms with Crippen molar-refractivity contribution in [1.82, 2.24) is 20.0 Å². The number of rotatable bonds is 5. The summed E-state index contributed by atoms with van der Waals surface area (Å²) in [6.45, 7) is 0.370. The van der Waals surface area contributed by atoms with Crippen molar-refractivity contribution in [2.24, 2.45) is 0 Å². The number of nitrogens with zero attached hydrogens (tertiary/aromatic N) is 4. The highest BCUT2D eigenvalue weighted by molar-refractivity contribution is 7.15. The fourth-order valence-electron chi connectivity index (χ4n) is 2.86. The first-order chi connectivity index (χ1) is 13.6. The molecule has 3 aromatic rings. The van der Waals surface area contributed by atoms with Gasteiger partial charge in [0.15, 0.2) is 0 Å². The maximum absolute atomic E-state index is 14.0. The lowest BCUT2D eigenvalue weighted by atomic mass is 10.1. The quantitative estimate of drug-likeness (QED) is 0.705. The van der Waals surface area contributed by atoms with Crippen molar-refractivity contribution < 1.29 is 13.9 Å². The zero-order valence-electron chi connectivity index (χ0n) is 14.7. The van der Waals surface area contributed by atoms with Crippen molar-refractivity contribution in [2.75, 3.05) is 11.9 Å². The molecule has 0 radical (unpaired) electrons. The van der Waals surface area contributed by atoms with Crippen LogP contribution in [0, 0.1) is 5.82 Å². The van der Waals surface area contributed by atoms with Crippen molar-refractivity contribution in [2.45, 2.75) is 25.5 Å². The molecule has 0 unspecified atom stereocenters. The minimum atomic E-state index is -0.477.